The molecule has 0 bridgehead atoms. The van der Waals surface area contributed by atoms with Crippen LogP contribution < -0.4 is 14.8 Å². The van der Waals surface area contributed by atoms with Crippen LogP contribution in [0.3, 0.4) is 0 Å². The monoisotopic (exact) mass is 470 g/mol. The quantitative estimate of drug-likeness (QED) is 0.511. The molecule has 0 saturated heterocycles. The Morgan fingerprint density at radius 3 is 2.57 bits per heavy atom. The highest BCUT2D eigenvalue weighted by atomic mass is 79.9. The third kappa shape index (κ3) is 6.50. The first-order valence-electron chi connectivity index (χ1n) is 8.78. The van der Waals surface area contributed by atoms with Crippen LogP contribution in [0.15, 0.2) is 51.8 Å². The van der Waals surface area contributed by atoms with Crippen LogP contribution >= 0.6 is 15.9 Å². The van der Waals surface area contributed by atoms with Crippen molar-refractivity contribution in [2.24, 2.45) is 0 Å². The summed E-state index contributed by atoms with van der Waals surface area (Å²) in [6.07, 6.45) is 0.814. The van der Waals surface area contributed by atoms with E-state index < -0.39 is 10.0 Å². The van der Waals surface area contributed by atoms with Crippen molar-refractivity contribution < 1.29 is 22.7 Å². The molecule has 2 rings (SSSR count). The minimum Gasteiger partial charge on any atom is -0.493 e. The molecule has 0 heterocycles. The van der Waals surface area contributed by atoms with Gasteiger partial charge in [-0.1, -0.05) is 13.0 Å². The molecule has 0 aliphatic carbocycles. The molecule has 9 heteroatoms. The van der Waals surface area contributed by atoms with Gasteiger partial charge in [-0.2, -0.15) is 0 Å². The SMILES string of the molecule is CCCOCC(=O)Nc1cccc(S(=O)(=O)Nc2ccc(OCC)c(Br)c2)c1. The Labute approximate surface area is 173 Å². The van der Waals surface area contributed by atoms with Gasteiger partial charge in [-0.3, -0.25) is 9.52 Å². The fourth-order valence-corrected chi connectivity index (χ4v) is 3.89. The molecule has 1 amide bonds. The fourth-order valence-electron chi connectivity index (χ4n) is 2.30. The van der Waals surface area contributed by atoms with E-state index in [1.54, 1.807) is 30.3 Å². The number of benzene rings is 2. The highest BCUT2D eigenvalue weighted by Crippen LogP contribution is 2.29. The molecule has 28 heavy (non-hydrogen) atoms. The summed E-state index contributed by atoms with van der Waals surface area (Å²) >= 11 is 3.36. The number of carbonyl (C=O) groups is 1. The predicted molar refractivity (Wildman–Crippen MR) is 112 cm³/mol. The van der Waals surface area contributed by atoms with Gasteiger partial charge >= 0.3 is 0 Å². The van der Waals surface area contributed by atoms with Crippen molar-refractivity contribution in [3.8, 4) is 5.75 Å². The molecule has 7 nitrogen and oxygen atoms in total. The number of halogens is 1. The first-order valence-corrected chi connectivity index (χ1v) is 11.1. The third-order valence-corrected chi connectivity index (χ3v) is 5.49. The summed E-state index contributed by atoms with van der Waals surface area (Å²) in [5.74, 6) is 0.284. The van der Waals surface area contributed by atoms with Crippen LogP contribution in [0.4, 0.5) is 11.4 Å². The molecule has 0 aromatic heterocycles. The number of anilines is 2. The Morgan fingerprint density at radius 1 is 1.11 bits per heavy atom. The average molecular weight is 471 g/mol. The maximum Gasteiger partial charge on any atom is 0.261 e. The van der Waals surface area contributed by atoms with Gasteiger partial charge in [-0.25, -0.2) is 8.42 Å². The minimum absolute atomic E-state index is 0.0322. The third-order valence-electron chi connectivity index (χ3n) is 3.49. The Morgan fingerprint density at radius 2 is 1.89 bits per heavy atom. The van der Waals surface area contributed by atoms with Gasteiger partial charge in [-0.05, 0) is 65.7 Å². The number of amides is 1. The second-order valence-corrected chi connectivity index (χ2v) is 8.35. The summed E-state index contributed by atoms with van der Waals surface area (Å²) in [6.45, 7) is 4.73. The van der Waals surface area contributed by atoms with Crippen LogP contribution in [0.25, 0.3) is 0 Å². The Hall–Kier alpha value is -2.10. The van der Waals surface area contributed by atoms with Crippen LogP contribution in [-0.4, -0.2) is 34.1 Å². The van der Waals surface area contributed by atoms with Crippen LogP contribution in [0.2, 0.25) is 0 Å². The topological polar surface area (TPSA) is 93.7 Å². The van der Waals surface area contributed by atoms with Gasteiger partial charge in [0.05, 0.1) is 21.7 Å². The normalized spacial score (nSPS) is 11.1. The molecule has 0 aliphatic heterocycles. The molecule has 0 fully saturated rings. The van der Waals surface area contributed by atoms with E-state index in [0.29, 0.717) is 34.8 Å². The Balaban J connectivity index is 2.11. The van der Waals surface area contributed by atoms with Crippen molar-refractivity contribution in [1.82, 2.24) is 0 Å². The number of ether oxygens (including phenoxy) is 2. The molecule has 152 valence electrons. The molecule has 0 spiro atoms. The van der Waals surface area contributed by atoms with E-state index in [9.17, 15) is 13.2 Å². The second-order valence-electron chi connectivity index (χ2n) is 5.81. The number of nitrogens with one attached hydrogen (secondary N) is 2. The molecule has 2 N–H and O–H groups in total. The Bertz CT molecular complexity index is 918. The van der Waals surface area contributed by atoms with Crippen LogP contribution in [0.1, 0.15) is 20.3 Å². The smallest absolute Gasteiger partial charge is 0.261 e. The standard InChI is InChI=1S/C19H23BrN2O5S/c1-3-10-26-13-19(23)21-14-6-5-7-16(11-14)28(24,25)22-15-8-9-18(27-4-2)17(20)12-15/h5-9,11-12,22H,3-4,10,13H2,1-2H3,(H,21,23). The summed E-state index contributed by atoms with van der Waals surface area (Å²) in [5.41, 5.74) is 0.763. The maximum absolute atomic E-state index is 12.7. The van der Waals surface area contributed by atoms with E-state index in [4.69, 9.17) is 9.47 Å². The zero-order valence-electron chi connectivity index (χ0n) is 15.7. The molecule has 0 atom stereocenters. The Kier molecular flexibility index (Phi) is 8.28. The first kappa shape index (κ1) is 22.2. The molecular formula is C19H23BrN2O5S. The fraction of sp³-hybridized carbons (Fsp3) is 0.316. The minimum atomic E-state index is -3.83. The molecule has 0 radical (unpaired) electrons. The molecule has 0 aliphatic rings. The predicted octanol–water partition coefficient (Wildman–Crippen LogP) is 4.01. The summed E-state index contributed by atoms with van der Waals surface area (Å²) in [4.78, 5) is 11.9. The molecule has 2 aromatic carbocycles. The van der Waals surface area contributed by atoms with Gasteiger partial charge in [0.25, 0.3) is 10.0 Å². The van der Waals surface area contributed by atoms with E-state index in [2.05, 4.69) is 26.0 Å². The lowest BCUT2D eigenvalue weighted by Gasteiger charge is -2.12. The number of carbonyl (C=O) groups excluding carboxylic acids is 1. The van der Waals surface area contributed by atoms with Crippen molar-refractivity contribution in [2.45, 2.75) is 25.2 Å². The average Bonchev–Trinajstić information content (AvgIpc) is 2.64. The van der Waals surface area contributed by atoms with Crippen LogP contribution in [0.5, 0.6) is 5.75 Å². The van der Waals surface area contributed by atoms with E-state index in [1.807, 2.05) is 13.8 Å². The zero-order valence-corrected chi connectivity index (χ0v) is 18.1. The number of hydrogen-bond acceptors (Lipinski definition) is 5. The first-order chi connectivity index (χ1) is 13.4. The van der Waals surface area contributed by atoms with Crippen molar-refractivity contribution in [2.75, 3.05) is 29.9 Å². The largest absolute Gasteiger partial charge is 0.493 e. The summed E-state index contributed by atoms with van der Waals surface area (Å²) in [6, 6.07) is 10.9. The van der Waals surface area contributed by atoms with Crippen molar-refractivity contribution >= 4 is 43.2 Å². The van der Waals surface area contributed by atoms with Crippen molar-refractivity contribution in [3.05, 3.63) is 46.9 Å². The molecular weight excluding hydrogens is 448 g/mol. The van der Waals surface area contributed by atoms with Gasteiger partial charge in [0.2, 0.25) is 5.91 Å². The van der Waals surface area contributed by atoms with E-state index in [0.717, 1.165) is 6.42 Å². The zero-order chi connectivity index (χ0) is 20.6. The van der Waals surface area contributed by atoms with E-state index >= 15 is 0 Å². The summed E-state index contributed by atoms with van der Waals surface area (Å²) in [7, 11) is -3.83. The lowest BCUT2D eigenvalue weighted by Crippen LogP contribution is -2.19. The highest BCUT2D eigenvalue weighted by Gasteiger charge is 2.16. The number of sulfonamides is 1. The molecule has 2 aromatic rings. The lowest BCUT2D eigenvalue weighted by atomic mass is 10.3. The van der Waals surface area contributed by atoms with Gasteiger partial charge in [-0.15, -0.1) is 0 Å². The summed E-state index contributed by atoms with van der Waals surface area (Å²) in [5, 5.41) is 2.63. The van der Waals surface area contributed by atoms with Crippen molar-refractivity contribution in [1.29, 1.82) is 0 Å². The van der Waals surface area contributed by atoms with Crippen LogP contribution in [-0.2, 0) is 19.6 Å². The van der Waals surface area contributed by atoms with Gasteiger partial charge in [0, 0.05) is 12.3 Å². The lowest BCUT2D eigenvalue weighted by molar-refractivity contribution is -0.120. The van der Waals surface area contributed by atoms with Crippen molar-refractivity contribution in [3.63, 3.8) is 0 Å². The highest BCUT2D eigenvalue weighted by molar-refractivity contribution is 9.10. The summed E-state index contributed by atoms with van der Waals surface area (Å²) < 4.78 is 39.1. The molecule has 0 saturated carbocycles. The maximum atomic E-state index is 12.7. The number of rotatable bonds is 10. The number of hydrogen-bond donors (Lipinski definition) is 2. The van der Waals surface area contributed by atoms with Crippen LogP contribution in [0, 0.1) is 0 Å². The van der Waals surface area contributed by atoms with Gasteiger partial charge in [0.1, 0.15) is 12.4 Å². The molecule has 0 unspecified atom stereocenters. The van der Waals surface area contributed by atoms with Gasteiger partial charge < -0.3 is 14.8 Å². The van der Waals surface area contributed by atoms with E-state index in [1.165, 1.54) is 12.1 Å². The van der Waals surface area contributed by atoms with E-state index in [-0.39, 0.29) is 17.4 Å². The van der Waals surface area contributed by atoms with Gasteiger partial charge in [0.15, 0.2) is 0 Å². The second kappa shape index (κ2) is 10.4.